The molecule has 2 rings (SSSR count). The Hall–Kier alpha value is -2.34. The molecule has 0 radical (unpaired) electrons. The summed E-state index contributed by atoms with van der Waals surface area (Å²) in [6.45, 7) is 4.34. The zero-order chi connectivity index (χ0) is 17.2. The van der Waals surface area contributed by atoms with Gasteiger partial charge in [-0.25, -0.2) is 4.68 Å². The highest BCUT2D eigenvalue weighted by Gasteiger charge is 2.06. The fourth-order valence-corrected chi connectivity index (χ4v) is 2.43. The molecule has 0 bridgehead atoms. The number of nitrogens with one attached hydrogen (secondary N) is 2. The number of aliphatic imine (C=N–C) groups is 1. The van der Waals surface area contributed by atoms with E-state index >= 15 is 0 Å². The number of ether oxygens (including phenoxy) is 1. The van der Waals surface area contributed by atoms with E-state index in [0.717, 1.165) is 43.3 Å². The van der Waals surface area contributed by atoms with E-state index in [1.165, 1.54) is 5.56 Å². The minimum atomic E-state index is 0.665. The van der Waals surface area contributed by atoms with Crippen LogP contribution in [0.25, 0.3) is 5.69 Å². The van der Waals surface area contributed by atoms with E-state index in [2.05, 4.69) is 46.0 Å². The average Bonchev–Trinajstić information content (AvgIpc) is 2.99. The molecule has 0 atom stereocenters. The molecule has 0 amide bonds. The van der Waals surface area contributed by atoms with Crippen LogP contribution in [0, 0.1) is 6.92 Å². The number of hydrogen-bond donors (Lipinski definition) is 2. The van der Waals surface area contributed by atoms with Gasteiger partial charge in [0.05, 0.1) is 18.0 Å². The largest absolute Gasteiger partial charge is 0.383 e. The van der Waals surface area contributed by atoms with E-state index < -0.39 is 0 Å². The molecule has 1 heterocycles. The number of aromatic nitrogens is 2. The number of methoxy groups -OCH3 is 1. The Morgan fingerprint density at radius 2 is 1.96 bits per heavy atom. The van der Waals surface area contributed by atoms with Crippen molar-refractivity contribution in [1.82, 2.24) is 20.4 Å². The molecular weight excluding hydrogens is 302 g/mol. The first kappa shape index (κ1) is 18.0. The lowest BCUT2D eigenvalue weighted by atomic mass is 10.1. The van der Waals surface area contributed by atoms with E-state index in [-0.39, 0.29) is 0 Å². The Morgan fingerprint density at radius 3 is 2.67 bits per heavy atom. The maximum Gasteiger partial charge on any atom is 0.191 e. The highest BCUT2D eigenvalue weighted by atomic mass is 16.5. The zero-order valence-corrected chi connectivity index (χ0v) is 14.7. The van der Waals surface area contributed by atoms with Gasteiger partial charge in [-0.2, -0.15) is 5.10 Å². The third-order valence-electron chi connectivity index (χ3n) is 3.76. The van der Waals surface area contributed by atoms with Gasteiger partial charge in [-0.3, -0.25) is 4.99 Å². The molecule has 0 spiro atoms. The number of hydrogen-bond acceptors (Lipinski definition) is 3. The molecule has 6 nitrogen and oxygen atoms in total. The van der Waals surface area contributed by atoms with Gasteiger partial charge in [0.2, 0.25) is 0 Å². The van der Waals surface area contributed by atoms with Crippen LogP contribution in [0.5, 0.6) is 0 Å². The van der Waals surface area contributed by atoms with Crippen molar-refractivity contribution in [3.05, 3.63) is 47.8 Å². The summed E-state index contributed by atoms with van der Waals surface area (Å²) in [5.74, 6) is 0.809. The normalized spacial score (nSPS) is 11.5. The summed E-state index contributed by atoms with van der Waals surface area (Å²) >= 11 is 0. The molecule has 0 fully saturated rings. The number of guanidine groups is 1. The fraction of sp³-hybridized carbons (Fsp3) is 0.444. The lowest BCUT2D eigenvalue weighted by Crippen LogP contribution is -2.39. The van der Waals surface area contributed by atoms with Crippen molar-refractivity contribution in [2.24, 2.45) is 4.99 Å². The van der Waals surface area contributed by atoms with Crippen molar-refractivity contribution in [2.75, 3.05) is 33.9 Å². The van der Waals surface area contributed by atoms with Crippen molar-refractivity contribution >= 4 is 5.96 Å². The van der Waals surface area contributed by atoms with Gasteiger partial charge >= 0.3 is 0 Å². The van der Waals surface area contributed by atoms with Crippen LogP contribution in [-0.4, -0.2) is 49.6 Å². The Labute approximate surface area is 143 Å². The molecule has 0 aliphatic rings. The summed E-state index contributed by atoms with van der Waals surface area (Å²) in [4.78, 5) is 4.19. The second kappa shape index (κ2) is 9.72. The number of aryl methyl sites for hydroxylation is 2. The van der Waals surface area contributed by atoms with E-state index in [1.54, 1.807) is 14.2 Å². The molecular formula is C18H27N5O. The molecule has 1 aromatic carbocycles. The Kier molecular flexibility index (Phi) is 7.29. The van der Waals surface area contributed by atoms with Crippen LogP contribution in [0.4, 0.5) is 0 Å². The van der Waals surface area contributed by atoms with Gasteiger partial charge in [-0.05, 0) is 37.5 Å². The number of nitrogens with zero attached hydrogens (tertiary/aromatic N) is 3. The Balaban J connectivity index is 1.79. The molecule has 130 valence electrons. The smallest absolute Gasteiger partial charge is 0.191 e. The molecule has 0 aliphatic carbocycles. The maximum atomic E-state index is 5.02. The summed E-state index contributed by atoms with van der Waals surface area (Å²) in [5.41, 5.74) is 3.46. The van der Waals surface area contributed by atoms with E-state index in [4.69, 9.17) is 4.74 Å². The first-order valence-corrected chi connectivity index (χ1v) is 8.28. The van der Waals surface area contributed by atoms with Gasteiger partial charge in [0.25, 0.3) is 0 Å². The van der Waals surface area contributed by atoms with Crippen molar-refractivity contribution in [3.8, 4) is 5.69 Å². The van der Waals surface area contributed by atoms with Crippen molar-refractivity contribution in [3.63, 3.8) is 0 Å². The van der Waals surface area contributed by atoms with Crippen LogP contribution in [-0.2, 0) is 11.2 Å². The molecule has 24 heavy (non-hydrogen) atoms. The first-order valence-electron chi connectivity index (χ1n) is 8.28. The standard InChI is InChI=1S/C18H27N5O/c1-15-16(14-23(22-15)17-9-5-4-6-10-17)8-7-11-20-18(19-2)21-12-13-24-3/h4-6,9-10,14H,7-8,11-13H2,1-3H3,(H2,19,20,21). The molecule has 0 aliphatic heterocycles. The van der Waals surface area contributed by atoms with Crippen LogP contribution in [0.3, 0.4) is 0 Å². The summed E-state index contributed by atoms with van der Waals surface area (Å²) in [6.07, 6.45) is 4.13. The van der Waals surface area contributed by atoms with Crippen LogP contribution >= 0.6 is 0 Å². The van der Waals surface area contributed by atoms with Gasteiger partial charge < -0.3 is 15.4 Å². The van der Waals surface area contributed by atoms with Crippen molar-refractivity contribution < 1.29 is 4.74 Å². The van der Waals surface area contributed by atoms with Crippen LogP contribution in [0.2, 0.25) is 0 Å². The van der Waals surface area contributed by atoms with Crippen molar-refractivity contribution in [1.29, 1.82) is 0 Å². The number of para-hydroxylation sites is 1. The van der Waals surface area contributed by atoms with Crippen LogP contribution < -0.4 is 10.6 Å². The highest BCUT2D eigenvalue weighted by molar-refractivity contribution is 5.79. The number of benzene rings is 1. The molecule has 2 N–H and O–H groups in total. The summed E-state index contributed by atoms with van der Waals surface area (Å²) in [6, 6.07) is 10.2. The summed E-state index contributed by atoms with van der Waals surface area (Å²) in [7, 11) is 3.46. The van der Waals surface area contributed by atoms with Gasteiger partial charge in [0, 0.05) is 33.4 Å². The third-order valence-corrected chi connectivity index (χ3v) is 3.76. The van der Waals surface area contributed by atoms with Gasteiger partial charge in [0.15, 0.2) is 5.96 Å². The maximum absolute atomic E-state index is 5.02. The Bertz CT molecular complexity index is 636. The van der Waals surface area contributed by atoms with Gasteiger partial charge in [-0.15, -0.1) is 0 Å². The van der Waals surface area contributed by atoms with Gasteiger partial charge in [-0.1, -0.05) is 18.2 Å². The highest BCUT2D eigenvalue weighted by Crippen LogP contribution is 2.13. The Morgan fingerprint density at radius 1 is 1.21 bits per heavy atom. The topological polar surface area (TPSA) is 63.5 Å². The molecule has 1 aromatic heterocycles. The monoisotopic (exact) mass is 329 g/mol. The zero-order valence-electron chi connectivity index (χ0n) is 14.7. The molecule has 2 aromatic rings. The molecule has 0 saturated carbocycles. The second-order valence-corrected chi connectivity index (χ2v) is 5.54. The lowest BCUT2D eigenvalue weighted by Gasteiger charge is -2.11. The van der Waals surface area contributed by atoms with Crippen LogP contribution in [0.1, 0.15) is 17.7 Å². The molecule has 6 heteroatoms. The van der Waals surface area contributed by atoms with Crippen molar-refractivity contribution in [2.45, 2.75) is 19.8 Å². The van der Waals surface area contributed by atoms with Gasteiger partial charge in [0.1, 0.15) is 0 Å². The third kappa shape index (κ3) is 5.38. The predicted octanol–water partition coefficient (Wildman–Crippen LogP) is 1.92. The minimum absolute atomic E-state index is 0.665. The fourth-order valence-electron chi connectivity index (χ4n) is 2.43. The summed E-state index contributed by atoms with van der Waals surface area (Å²) in [5, 5.41) is 11.1. The van der Waals surface area contributed by atoms with Crippen LogP contribution in [0.15, 0.2) is 41.5 Å². The second-order valence-electron chi connectivity index (χ2n) is 5.54. The van der Waals surface area contributed by atoms with E-state index in [1.807, 2.05) is 22.9 Å². The predicted molar refractivity (Wildman–Crippen MR) is 97.9 cm³/mol. The molecule has 0 unspecified atom stereocenters. The SMILES string of the molecule is CN=C(NCCCc1cn(-c2ccccc2)nc1C)NCCOC. The van der Waals surface area contributed by atoms with E-state index in [0.29, 0.717) is 6.61 Å². The summed E-state index contributed by atoms with van der Waals surface area (Å²) < 4.78 is 6.97. The number of rotatable bonds is 8. The first-order chi connectivity index (χ1) is 11.7. The lowest BCUT2D eigenvalue weighted by molar-refractivity contribution is 0.203. The molecule has 0 saturated heterocycles. The van der Waals surface area contributed by atoms with E-state index in [9.17, 15) is 0 Å². The minimum Gasteiger partial charge on any atom is -0.383 e. The quantitative estimate of drug-likeness (QED) is 0.441. The average molecular weight is 329 g/mol.